The Morgan fingerprint density at radius 2 is 2.26 bits per heavy atom. The summed E-state index contributed by atoms with van der Waals surface area (Å²) >= 11 is 4.82. The van der Waals surface area contributed by atoms with E-state index in [0.29, 0.717) is 23.4 Å². The van der Waals surface area contributed by atoms with Crippen LogP contribution in [0.5, 0.6) is 0 Å². The van der Waals surface area contributed by atoms with Crippen molar-refractivity contribution >= 4 is 28.7 Å². The number of rotatable bonds is 6. The van der Waals surface area contributed by atoms with Crippen LogP contribution < -0.4 is 0 Å². The summed E-state index contributed by atoms with van der Waals surface area (Å²) in [6.07, 6.45) is 2.04. The Labute approximate surface area is 166 Å². The molecule has 6 nitrogen and oxygen atoms in total. The van der Waals surface area contributed by atoms with E-state index in [0.717, 1.165) is 5.56 Å². The third kappa shape index (κ3) is 4.67. The van der Waals surface area contributed by atoms with Crippen LogP contribution in [0.25, 0.3) is 0 Å². The summed E-state index contributed by atoms with van der Waals surface area (Å²) in [7, 11) is 0. The quantitative estimate of drug-likeness (QED) is 0.567. The monoisotopic (exact) mass is 414 g/mol. The Balaban J connectivity index is 1.83. The number of carbonyl (C=O) groups excluding carboxylic acids is 1. The number of halogens is 1. The molecule has 1 fully saturated rings. The SMILES string of the molecule is CCOC(=O)C1=CC2(CCC1[S+]([O-])Cc1ccccc1Cl)OC[C@H](CO)O2. The molecule has 1 aliphatic heterocycles. The van der Waals surface area contributed by atoms with Crippen LogP contribution in [-0.4, -0.2) is 52.6 Å². The molecule has 4 atom stereocenters. The second kappa shape index (κ2) is 8.94. The molecule has 1 aromatic carbocycles. The van der Waals surface area contributed by atoms with E-state index in [4.69, 9.17) is 25.8 Å². The van der Waals surface area contributed by atoms with Gasteiger partial charge in [0.1, 0.15) is 17.1 Å². The van der Waals surface area contributed by atoms with Gasteiger partial charge in [0, 0.05) is 23.4 Å². The highest BCUT2D eigenvalue weighted by Gasteiger charge is 2.48. The van der Waals surface area contributed by atoms with E-state index in [2.05, 4.69) is 0 Å². The predicted octanol–water partition coefficient (Wildman–Crippen LogP) is 2.34. The van der Waals surface area contributed by atoms with Gasteiger partial charge in [-0.1, -0.05) is 29.8 Å². The average Bonchev–Trinajstić information content (AvgIpc) is 3.06. The van der Waals surface area contributed by atoms with Gasteiger partial charge in [0.05, 0.1) is 25.4 Å². The molecule has 0 amide bonds. The molecule has 1 heterocycles. The molecule has 0 saturated carbocycles. The fourth-order valence-electron chi connectivity index (χ4n) is 3.32. The van der Waals surface area contributed by atoms with Crippen molar-refractivity contribution in [3.63, 3.8) is 0 Å². The Kier molecular flexibility index (Phi) is 6.83. The van der Waals surface area contributed by atoms with Gasteiger partial charge < -0.3 is 23.9 Å². The second-order valence-electron chi connectivity index (χ2n) is 6.51. The number of aliphatic hydroxyl groups is 1. The molecule has 0 aromatic heterocycles. The van der Waals surface area contributed by atoms with E-state index in [-0.39, 0.29) is 25.6 Å². The first kappa shape index (κ1) is 20.6. The van der Waals surface area contributed by atoms with Crippen molar-refractivity contribution in [2.45, 2.75) is 42.7 Å². The van der Waals surface area contributed by atoms with E-state index in [9.17, 15) is 14.5 Å². The van der Waals surface area contributed by atoms with Crippen molar-refractivity contribution in [1.29, 1.82) is 0 Å². The van der Waals surface area contributed by atoms with Crippen molar-refractivity contribution in [2.24, 2.45) is 0 Å². The summed E-state index contributed by atoms with van der Waals surface area (Å²) in [4.78, 5) is 12.5. The number of aliphatic hydroxyl groups excluding tert-OH is 1. The molecular weight excluding hydrogens is 392 g/mol. The number of hydrogen-bond acceptors (Lipinski definition) is 6. The van der Waals surface area contributed by atoms with Gasteiger partial charge in [0.2, 0.25) is 0 Å². The maximum absolute atomic E-state index is 13.0. The largest absolute Gasteiger partial charge is 0.616 e. The molecule has 3 rings (SSSR count). The minimum Gasteiger partial charge on any atom is -0.616 e. The van der Waals surface area contributed by atoms with Crippen LogP contribution in [0.4, 0.5) is 0 Å². The highest BCUT2D eigenvalue weighted by atomic mass is 35.5. The Bertz CT molecular complexity index is 711. The van der Waals surface area contributed by atoms with Crippen molar-refractivity contribution in [2.75, 3.05) is 19.8 Å². The fraction of sp³-hybridized carbons (Fsp3) is 0.526. The van der Waals surface area contributed by atoms with Crippen LogP contribution >= 0.6 is 11.6 Å². The fourth-order valence-corrected chi connectivity index (χ4v) is 5.19. The first-order valence-corrected chi connectivity index (χ1v) is 10.7. The molecule has 8 heteroatoms. The minimum absolute atomic E-state index is 0.161. The van der Waals surface area contributed by atoms with Crippen molar-refractivity contribution in [3.05, 3.63) is 46.5 Å². The topological polar surface area (TPSA) is 88.1 Å². The first-order chi connectivity index (χ1) is 13.0. The highest BCUT2D eigenvalue weighted by Crippen LogP contribution is 2.39. The standard InChI is InChI=1S/C19H23ClO6S/c1-2-24-18(22)15-9-19(25-11-14(10-21)26-19)8-7-17(15)27(23)12-13-5-3-4-6-16(13)20/h3-6,9,14,17,21H,2,7-8,10-12H2,1H3/t14-,17?,19?,27?/m0/s1. The molecule has 3 unspecified atom stereocenters. The lowest BCUT2D eigenvalue weighted by Gasteiger charge is -2.34. The molecule has 1 N–H and O–H groups in total. The summed E-state index contributed by atoms with van der Waals surface area (Å²) in [6, 6.07) is 7.23. The van der Waals surface area contributed by atoms with Crippen LogP contribution in [0.15, 0.2) is 35.9 Å². The van der Waals surface area contributed by atoms with Crippen LogP contribution in [-0.2, 0) is 35.9 Å². The van der Waals surface area contributed by atoms with E-state index < -0.39 is 34.3 Å². The Morgan fingerprint density at radius 3 is 2.93 bits per heavy atom. The van der Waals surface area contributed by atoms with Gasteiger partial charge in [-0.3, -0.25) is 0 Å². The molecular formula is C19H23ClO6S. The predicted molar refractivity (Wildman–Crippen MR) is 102 cm³/mol. The number of ether oxygens (including phenoxy) is 3. The van der Waals surface area contributed by atoms with Gasteiger partial charge in [0.15, 0.2) is 5.79 Å². The van der Waals surface area contributed by atoms with Crippen LogP contribution in [0, 0.1) is 0 Å². The molecule has 0 radical (unpaired) electrons. The van der Waals surface area contributed by atoms with Gasteiger partial charge in [-0.2, -0.15) is 0 Å². The normalized spacial score (nSPS) is 28.8. The van der Waals surface area contributed by atoms with Gasteiger partial charge in [0.25, 0.3) is 0 Å². The van der Waals surface area contributed by atoms with Crippen LogP contribution in [0.2, 0.25) is 5.02 Å². The molecule has 1 aromatic rings. The molecule has 2 aliphatic rings. The summed E-state index contributed by atoms with van der Waals surface area (Å²) in [5.41, 5.74) is 1.07. The zero-order valence-electron chi connectivity index (χ0n) is 15.1. The third-order valence-electron chi connectivity index (χ3n) is 4.64. The Morgan fingerprint density at radius 1 is 1.48 bits per heavy atom. The lowest BCUT2D eigenvalue weighted by atomic mass is 9.94. The van der Waals surface area contributed by atoms with Gasteiger partial charge >= 0.3 is 5.97 Å². The number of esters is 1. The van der Waals surface area contributed by atoms with Crippen LogP contribution in [0.3, 0.4) is 0 Å². The van der Waals surface area contributed by atoms with Gasteiger partial charge in [-0.05, 0) is 30.2 Å². The van der Waals surface area contributed by atoms with E-state index in [1.165, 1.54) is 0 Å². The van der Waals surface area contributed by atoms with Crippen LogP contribution in [0.1, 0.15) is 25.3 Å². The summed E-state index contributed by atoms with van der Waals surface area (Å²) in [6.45, 7) is 2.02. The summed E-state index contributed by atoms with van der Waals surface area (Å²) in [5, 5.41) is 9.35. The molecule has 0 bridgehead atoms. The number of hydrogen-bond donors (Lipinski definition) is 1. The smallest absolute Gasteiger partial charge is 0.338 e. The van der Waals surface area contributed by atoms with E-state index in [1.807, 2.05) is 18.2 Å². The minimum atomic E-state index is -1.36. The van der Waals surface area contributed by atoms with Crippen molar-refractivity contribution in [3.8, 4) is 0 Å². The molecule has 148 valence electrons. The Hall–Kier alpha value is -1.09. The van der Waals surface area contributed by atoms with Crippen molar-refractivity contribution < 1.29 is 28.7 Å². The second-order valence-corrected chi connectivity index (χ2v) is 8.54. The summed E-state index contributed by atoms with van der Waals surface area (Å²) in [5.74, 6) is -1.34. The average molecular weight is 415 g/mol. The number of benzene rings is 1. The maximum atomic E-state index is 13.0. The van der Waals surface area contributed by atoms with E-state index in [1.54, 1.807) is 19.1 Å². The molecule has 1 spiro atoms. The zero-order valence-corrected chi connectivity index (χ0v) is 16.6. The van der Waals surface area contributed by atoms with Gasteiger partial charge in [-0.25, -0.2) is 4.79 Å². The molecule has 1 aliphatic carbocycles. The zero-order chi connectivity index (χ0) is 19.4. The van der Waals surface area contributed by atoms with Gasteiger partial charge in [-0.15, -0.1) is 0 Å². The lowest BCUT2D eigenvalue weighted by Crippen LogP contribution is -2.41. The summed E-state index contributed by atoms with van der Waals surface area (Å²) < 4.78 is 29.7. The number of carbonyl (C=O) groups is 1. The highest BCUT2D eigenvalue weighted by molar-refractivity contribution is 7.91. The molecule has 1 saturated heterocycles. The maximum Gasteiger partial charge on any atom is 0.338 e. The molecule has 27 heavy (non-hydrogen) atoms. The third-order valence-corrected chi connectivity index (χ3v) is 6.73. The van der Waals surface area contributed by atoms with E-state index >= 15 is 0 Å². The lowest BCUT2D eigenvalue weighted by molar-refractivity contribution is -0.148. The van der Waals surface area contributed by atoms with Crippen molar-refractivity contribution in [1.82, 2.24) is 0 Å². The first-order valence-electron chi connectivity index (χ1n) is 8.91.